The van der Waals surface area contributed by atoms with Crippen molar-refractivity contribution in [2.24, 2.45) is 5.41 Å². The molecule has 1 spiro atoms. The lowest BCUT2D eigenvalue weighted by Crippen LogP contribution is -2.39. The van der Waals surface area contributed by atoms with Crippen LogP contribution in [-0.4, -0.2) is 40.9 Å². The Morgan fingerprint density at radius 3 is 2.77 bits per heavy atom. The van der Waals surface area contributed by atoms with E-state index >= 15 is 0 Å². The number of aromatic nitrogens is 3. The molecule has 3 heterocycles. The van der Waals surface area contributed by atoms with Gasteiger partial charge in [-0.05, 0) is 61.4 Å². The predicted molar refractivity (Wildman–Crippen MR) is 106 cm³/mol. The van der Waals surface area contributed by atoms with Crippen molar-refractivity contribution in [1.82, 2.24) is 19.4 Å². The molecule has 1 aliphatic carbocycles. The van der Waals surface area contributed by atoms with Crippen molar-refractivity contribution < 1.29 is 17.3 Å². The van der Waals surface area contributed by atoms with Crippen LogP contribution in [0.4, 0.5) is 4.39 Å². The number of hydrogen-bond acceptors (Lipinski definition) is 6. The average Bonchev–Trinajstić information content (AvgIpc) is 3.21. The summed E-state index contributed by atoms with van der Waals surface area (Å²) in [6.07, 6.45) is 5.65. The lowest BCUT2D eigenvalue weighted by Gasteiger charge is -2.32. The van der Waals surface area contributed by atoms with Crippen molar-refractivity contribution in [3.63, 3.8) is 0 Å². The molecule has 2 aliphatic rings. The SMILES string of the molecule is Cc1ccc(F)c(S(=O)(=O)N2CCC3(CC2)CC3c2nc(-c3cccnc3)no2)c1. The molecule has 0 N–H and O–H groups in total. The summed E-state index contributed by atoms with van der Waals surface area (Å²) in [5, 5.41) is 4.06. The molecule has 156 valence electrons. The first-order chi connectivity index (χ1) is 14.4. The predicted octanol–water partition coefficient (Wildman–Crippen LogP) is 3.54. The van der Waals surface area contributed by atoms with E-state index in [-0.39, 0.29) is 16.2 Å². The van der Waals surface area contributed by atoms with E-state index in [1.54, 1.807) is 25.4 Å². The molecule has 1 aromatic carbocycles. The molecule has 1 atom stereocenters. The van der Waals surface area contributed by atoms with Crippen LogP contribution in [-0.2, 0) is 10.0 Å². The van der Waals surface area contributed by atoms with Crippen LogP contribution < -0.4 is 0 Å². The molecular formula is C21H21FN4O3S. The fourth-order valence-electron chi connectivity index (χ4n) is 4.36. The van der Waals surface area contributed by atoms with Crippen molar-refractivity contribution in [2.75, 3.05) is 13.1 Å². The summed E-state index contributed by atoms with van der Waals surface area (Å²) < 4.78 is 46.9. The zero-order chi connectivity index (χ0) is 20.9. The Labute approximate surface area is 174 Å². The van der Waals surface area contributed by atoms with Gasteiger partial charge in [-0.25, -0.2) is 12.8 Å². The number of nitrogens with zero attached hydrogens (tertiary/aromatic N) is 4. The minimum absolute atomic E-state index is 0.0179. The van der Waals surface area contributed by atoms with Gasteiger partial charge < -0.3 is 4.52 Å². The molecule has 30 heavy (non-hydrogen) atoms. The molecular weight excluding hydrogens is 407 g/mol. The average molecular weight is 428 g/mol. The van der Waals surface area contributed by atoms with E-state index in [9.17, 15) is 12.8 Å². The lowest BCUT2D eigenvalue weighted by molar-refractivity contribution is 0.242. The zero-order valence-corrected chi connectivity index (χ0v) is 17.3. The van der Waals surface area contributed by atoms with E-state index in [4.69, 9.17) is 4.52 Å². The van der Waals surface area contributed by atoms with Crippen molar-refractivity contribution >= 4 is 10.0 Å². The maximum Gasteiger partial charge on any atom is 0.245 e. The molecule has 0 bridgehead atoms. The van der Waals surface area contributed by atoms with Crippen LogP contribution in [0.2, 0.25) is 0 Å². The highest BCUT2D eigenvalue weighted by Crippen LogP contribution is 2.64. The van der Waals surface area contributed by atoms with Crippen molar-refractivity contribution in [3.05, 3.63) is 60.0 Å². The van der Waals surface area contributed by atoms with E-state index < -0.39 is 15.8 Å². The summed E-state index contributed by atoms with van der Waals surface area (Å²) in [7, 11) is -3.85. The molecule has 0 radical (unpaired) electrons. The maximum atomic E-state index is 14.2. The number of benzene rings is 1. The van der Waals surface area contributed by atoms with Gasteiger partial charge in [-0.3, -0.25) is 4.98 Å². The quantitative estimate of drug-likeness (QED) is 0.632. The van der Waals surface area contributed by atoms with Crippen LogP contribution in [0.3, 0.4) is 0 Å². The van der Waals surface area contributed by atoms with Gasteiger partial charge in [-0.1, -0.05) is 11.2 Å². The highest BCUT2D eigenvalue weighted by atomic mass is 32.2. The largest absolute Gasteiger partial charge is 0.339 e. The summed E-state index contributed by atoms with van der Waals surface area (Å²) in [5.41, 5.74) is 1.49. The van der Waals surface area contributed by atoms with Gasteiger partial charge in [0.05, 0.1) is 0 Å². The second kappa shape index (κ2) is 6.95. The first-order valence-electron chi connectivity index (χ1n) is 9.89. The smallest absolute Gasteiger partial charge is 0.245 e. The highest BCUT2D eigenvalue weighted by molar-refractivity contribution is 7.89. The first kappa shape index (κ1) is 19.3. The Kier molecular flexibility index (Phi) is 4.48. The molecule has 9 heteroatoms. The van der Waals surface area contributed by atoms with Crippen LogP contribution in [0.1, 0.15) is 36.6 Å². The van der Waals surface area contributed by atoms with Crippen LogP contribution in [0, 0.1) is 18.2 Å². The van der Waals surface area contributed by atoms with Gasteiger partial charge in [0.2, 0.25) is 21.7 Å². The molecule has 5 rings (SSSR count). The normalized spacial score (nSPS) is 21.1. The second-order valence-electron chi connectivity index (χ2n) is 8.15. The van der Waals surface area contributed by atoms with E-state index in [1.165, 1.54) is 16.4 Å². The highest BCUT2D eigenvalue weighted by Gasteiger charge is 2.59. The molecule has 3 aromatic rings. The number of piperidine rings is 1. The monoisotopic (exact) mass is 428 g/mol. The van der Waals surface area contributed by atoms with Gasteiger partial charge in [0.25, 0.3) is 0 Å². The number of aryl methyl sites for hydroxylation is 1. The molecule has 2 aromatic heterocycles. The van der Waals surface area contributed by atoms with Crippen LogP contribution in [0.15, 0.2) is 52.1 Å². The molecule has 1 saturated heterocycles. The molecule has 2 fully saturated rings. The van der Waals surface area contributed by atoms with Crippen LogP contribution >= 0.6 is 0 Å². The summed E-state index contributed by atoms with van der Waals surface area (Å²) in [5.74, 6) is 0.528. The van der Waals surface area contributed by atoms with Crippen molar-refractivity contribution in [1.29, 1.82) is 0 Å². The van der Waals surface area contributed by atoms with E-state index in [0.29, 0.717) is 43.2 Å². The Bertz CT molecular complexity index is 1190. The number of halogens is 1. The lowest BCUT2D eigenvalue weighted by atomic mass is 9.92. The topological polar surface area (TPSA) is 89.2 Å². The second-order valence-corrected chi connectivity index (χ2v) is 10.1. The zero-order valence-electron chi connectivity index (χ0n) is 16.5. The van der Waals surface area contributed by atoms with E-state index in [0.717, 1.165) is 12.0 Å². The van der Waals surface area contributed by atoms with Gasteiger partial charge in [0, 0.05) is 37.0 Å². The number of sulfonamides is 1. The number of rotatable bonds is 4. The maximum absolute atomic E-state index is 14.2. The molecule has 7 nitrogen and oxygen atoms in total. The van der Waals surface area contributed by atoms with Crippen LogP contribution in [0.25, 0.3) is 11.4 Å². The molecule has 1 aliphatic heterocycles. The fourth-order valence-corrected chi connectivity index (χ4v) is 5.95. The summed E-state index contributed by atoms with van der Waals surface area (Å²) >= 11 is 0. The molecule has 1 saturated carbocycles. The van der Waals surface area contributed by atoms with Gasteiger partial charge >= 0.3 is 0 Å². The minimum Gasteiger partial charge on any atom is -0.339 e. The van der Waals surface area contributed by atoms with E-state index in [2.05, 4.69) is 15.1 Å². The summed E-state index contributed by atoms with van der Waals surface area (Å²) in [4.78, 5) is 8.35. The van der Waals surface area contributed by atoms with Crippen LogP contribution in [0.5, 0.6) is 0 Å². The summed E-state index contributed by atoms with van der Waals surface area (Å²) in [6, 6.07) is 7.86. The Morgan fingerprint density at radius 2 is 2.03 bits per heavy atom. The Balaban J connectivity index is 1.29. The van der Waals surface area contributed by atoms with Gasteiger partial charge in [0.15, 0.2) is 0 Å². The van der Waals surface area contributed by atoms with Gasteiger partial charge in [-0.2, -0.15) is 9.29 Å². The van der Waals surface area contributed by atoms with Crippen molar-refractivity contribution in [2.45, 2.75) is 37.0 Å². The fraction of sp³-hybridized carbons (Fsp3) is 0.381. The third-order valence-electron chi connectivity index (χ3n) is 6.27. The third kappa shape index (κ3) is 3.22. The molecule has 0 amide bonds. The number of pyridine rings is 1. The number of hydrogen-bond donors (Lipinski definition) is 0. The van der Waals surface area contributed by atoms with Crippen molar-refractivity contribution in [3.8, 4) is 11.4 Å². The molecule has 1 unspecified atom stereocenters. The standard InChI is InChI=1S/C21H21FN4O3S/c1-14-4-5-17(22)18(11-14)30(27,28)26-9-6-21(7-10-26)12-16(21)20-24-19(25-29-20)15-3-2-8-23-13-15/h2-5,8,11,13,16H,6-7,9-10,12H2,1H3. The minimum atomic E-state index is -3.85. The summed E-state index contributed by atoms with van der Waals surface area (Å²) in [6.45, 7) is 2.47. The Hall–Kier alpha value is -2.65. The third-order valence-corrected chi connectivity index (χ3v) is 8.19. The Morgan fingerprint density at radius 1 is 1.23 bits per heavy atom. The first-order valence-corrected chi connectivity index (χ1v) is 11.3. The van der Waals surface area contributed by atoms with Gasteiger partial charge in [-0.15, -0.1) is 0 Å². The van der Waals surface area contributed by atoms with E-state index in [1.807, 2.05) is 12.1 Å². The van der Waals surface area contributed by atoms with Gasteiger partial charge in [0.1, 0.15) is 10.7 Å².